The van der Waals surface area contributed by atoms with Crippen molar-refractivity contribution in [1.29, 1.82) is 0 Å². The zero-order chi connectivity index (χ0) is 15.9. The summed E-state index contributed by atoms with van der Waals surface area (Å²) in [6, 6.07) is 5.14. The molecule has 9 heteroatoms. The Morgan fingerprint density at radius 1 is 1.36 bits per heavy atom. The van der Waals surface area contributed by atoms with Gasteiger partial charge in [0, 0.05) is 13.6 Å². The SMILES string of the molecule is Cn1nc(F)c2nc(NCc3ccc(Cl)c(Cl)c3)[nH]c(=O)c21. The van der Waals surface area contributed by atoms with E-state index in [2.05, 4.69) is 20.4 Å². The van der Waals surface area contributed by atoms with E-state index in [4.69, 9.17) is 23.2 Å². The normalized spacial score (nSPS) is 11.1. The number of hydrogen-bond donors (Lipinski definition) is 2. The summed E-state index contributed by atoms with van der Waals surface area (Å²) < 4.78 is 14.8. The third-order valence-electron chi connectivity index (χ3n) is 3.10. The third-order valence-corrected chi connectivity index (χ3v) is 3.83. The van der Waals surface area contributed by atoms with Gasteiger partial charge in [0.2, 0.25) is 5.95 Å². The van der Waals surface area contributed by atoms with Gasteiger partial charge in [-0.15, -0.1) is 5.10 Å². The van der Waals surface area contributed by atoms with Gasteiger partial charge < -0.3 is 5.32 Å². The molecule has 0 saturated heterocycles. The van der Waals surface area contributed by atoms with Crippen LogP contribution in [-0.4, -0.2) is 19.7 Å². The first-order valence-corrected chi connectivity index (χ1v) is 7.01. The number of aromatic nitrogens is 4. The Bertz CT molecular complexity index is 921. The second-order valence-corrected chi connectivity index (χ2v) is 5.44. The van der Waals surface area contributed by atoms with Gasteiger partial charge in [-0.25, -0.2) is 4.98 Å². The molecule has 0 radical (unpaired) electrons. The average Bonchev–Trinajstić information content (AvgIpc) is 2.75. The number of H-pyrrole nitrogens is 1. The van der Waals surface area contributed by atoms with Crippen LogP contribution in [0.4, 0.5) is 10.3 Å². The molecular formula is C13H10Cl2FN5O. The van der Waals surface area contributed by atoms with Crippen molar-refractivity contribution in [3.05, 3.63) is 50.1 Å². The van der Waals surface area contributed by atoms with Gasteiger partial charge in [0.05, 0.1) is 10.0 Å². The highest BCUT2D eigenvalue weighted by Gasteiger charge is 2.14. The molecule has 0 fully saturated rings. The number of halogens is 3. The van der Waals surface area contributed by atoms with Crippen LogP contribution < -0.4 is 10.9 Å². The number of aromatic amines is 1. The van der Waals surface area contributed by atoms with E-state index in [1.54, 1.807) is 18.2 Å². The molecule has 6 nitrogen and oxygen atoms in total. The fourth-order valence-electron chi connectivity index (χ4n) is 2.06. The standard InChI is InChI=1S/C13H10Cl2FN5O/c1-21-10-9(11(16)20-21)18-13(19-12(10)22)17-5-6-2-3-7(14)8(15)4-6/h2-4H,5H2,1H3,(H2,17,18,19,22). The van der Waals surface area contributed by atoms with Crippen LogP contribution in [0.25, 0.3) is 11.0 Å². The van der Waals surface area contributed by atoms with Crippen LogP contribution in [0, 0.1) is 5.95 Å². The summed E-state index contributed by atoms with van der Waals surface area (Å²) in [6.45, 7) is 0.340. The van der Waals surface area contributed by atoms with Crippen molar-refractivity contribution in [3.8, 4) is 0 Å². The molecule has 3 rings (SSSR count). The van der Waals surface area contributed by atoms with Crippen LogP contribution in [0.15, 0.2) is 23.0 Å². The number of anilines is 1. The number of hydrogen-bond acceptors (Lipinski definition) is 4. The highest BCUT2D eigenvalue weighted by Crippen LogP contribution is 2.22. The van der Waals surface area contributed by atoms with Gasteiger partial charge in [0.1, 0.15) is 0 Å². The Kier molecular flexibility index (Phi) is 3.76. The fraction of sp³-hybridized carbons (Fsp3) is 0.154. The molecule has 1 aromatic carbocycles. The molecule has 0 spiro atoms. The summed E-state index contributed by atoms with van der Waals surface area (Å²) in [6.07, 6.45) is 0. The van der Waals surface area contributed by atoms with Gasteiger partial charge in [0.15, 0.2) is 11.0 Å². The minimum Gasteiger partial charge on any atom is -0.352 e. The van der Waals surface area contributed by atoms with Gasteiger partial charge in [0.25, 0.3) is 11.5 Å². The lowest BCUT2D eigenvalue weighted by Gasteiger charge is -2.06. The molecule has 22 heavy (non-hydrogen) atoms. The Balaban J connectivity index is 1.89. The van der Waals surface area contributed by atoms with Crippen LogP contribution in [0.2, 0.25) is 10.0 Å². The van der Waals surface area contributed by atoms with Crippen molar-refractivity contribution < 1.29 is 4.39 Å². The summed E-state index contributed by atoms with van der Waals surface area (Å²) in [5, 5.41) is 7.33. The van der Waals surface area contributed by atoms with Crippen molar-refractivity contribution in [1.82, 2.24) is 19.7 Å². The maximum atomic E-state index is 13.6. The van der Waals surface area contributed by atoms with Gasteiger partial charge in [-0.3, -0.25) is 14.5 Å². The fourth-order valence-corrected chi connectivity index (χ4v) is 2.38. The molecule has 0 aliphatic rings. The number of nitrogens with zero attached hydrogens (tertiary/aromatic N) is 3. The predicted molar refractivity (Wildman–Crippen MR) is 82.9 cm³/mol. The van der Waals surface area contributed by atoms with Crippen LogP contribution >= 0.6 is 23.2 Å². The van der Waals surface area contributed by atoms with E-state index < -0.39 is 11.5 Å². The van der Waals surface area contributed by atoms with Crippen molar-refractivity contribution in [2.75, 3.05) is 5.32 Å². The van der Waals surface area contributed by atoms with E-state index in [1.807, 2.05) is 0 Å². The molecule has 0 bridgehead atoms. The molecule has 0 amide bonds. The van der Waals surface area contributed by atoms with Gasteiger partial charge in [-0.05, 0) is 17.7 Å². The lowest BCUT2D eigenvalue weighted by Crippen LogP contribution is -2.15. The molecule has 0 saturated carbocycles. The minimum atomic E-state index is -0.791. The largest absolute Gasteiger partial charge is 0.352 e. The van der Waals surface area contributed by atoms with E-state index in [1.165, 1.54) is 7.05 Å². The van der Waals surface area contributed by atoms with Crippen LogP contribution in [0.5, 0.6) is 0 Å². The van der Waals surface area contributed by atoms with Crippen molar-refractivity contribution in [2.24, 2.45) is 7.05 Å². The molecule has 2 heterocycles. The first-order chi connectivity index (χ1) is 10.5. The molecule has 0 unspecified atom stereocenters. The molecule has 0 aliphatic heterocycles. The van der Waals surface area contributed by atoms with Gasteiger partial charge >= 0.3 is 0 Å². The molecular weight excluding hydrogens is 332 g/mol. The summed E-state index contributed by atoms with van der Waals surface area (Å²) >= 11 is 11.8. The van der Waals surface area contributed by atoms with Gasteiger partial charge in [-0.2, -0.15) is 4.39 Å². The molecule has 2 N–H and O–H groups in total. The predicted octanol–water partition coefficient (Wildman–Crippen LogP) is 2.71. The Morgan fingerprint density at radius 2 is 2.14 bits per heavy atom. The van der Waals surface area contributed by atoms with Crippen LogP contribution in [0.3, 0.4) is 0 Å². The van der Waals surface area contributed by atoms with Crippen LogP contribution in [-0.2, 0) is 13.6 Å². The molecule has 114 valence electrons. The Labute approximate surface area is 133 Å². The number of rotatable bonds is 3. The van der Waals surface area contributed by atoms with Crippen molar-refractivity contribution in [2.45, 2.75) is 6.54 Å². The van der Waals surface area contributed by atoms with Crippen molar-refractivity contribution in [3.63, 3.8) is 0 Å². The number of nitrogens with one attached hydrogen (secondary N) is 2. The Morgan fingerprint density at radius 3 is 2.86 bits per heavy atom. The highest BCUT2D eigenvalue weighted by atomic mass is 35.5. The van der Waals surface area contributed by atoms with E-state index in [0.29, 0.717) is 16.6 Å². The maximum absolute atomic E-state index is 13.6. The van der Waals surface area contributed by atoms with Crippen molar-refractivity contribution >= 4 is 40.2 Å². The first-order valence-electron chi connectivity index (χ1n) is 6.26. The van der Waals surface area contributed by atoms with E-state index in [9.17, 15) is 9.18 Å². The summed E-state index contributed by atoms with van der Waals surface area (Å²) in [5.74, 6) is -0.642. The second-order valence-electron chi connectivity index (χ2n) is 4.63. The molecule has 0 aliphatic carbocycles. The smallest absolute Gasteiger partial charge is 0.278 e. The lowest BCUT2D eigenvalue weighted by molar-refractivity contribution is 0.560. The zero-order valence-electron chi connectivity index (χ0n) is 11.3. The molecule has 2 aromatic heterocycles. The monoisotopic (exact) mass is 341 g/mol. The average molecular weight is 342 g/mol. The lowest BCUT2D eigenvalue weighted by atomic mass is 10.2. The van der Waals surface area contributed by atoms with Gasteiger partial charge in [-0.1, -0.05) is 29.3 Å². The summed E-state index contributed by atoms with van der Waals surface area (Å²) in [5.41, 5.74) is 0.366. The van der Waals surface area contributed by atoms with E-state index >= 15 is 0 Å². The topological polar surface area (TPSA) is 75.6 Å². The quantitative estimate of drug-likeness (QED) is 0.767. The zero-order valence-corrected chi connectivity index (χ0v) is 12.8. The highest BCUT2D eigenvalue weighted by molar-refractivity contribution is 6.42. The number of benzene rings is 1. The van der Waals surface area contributed by atoms with Crippen LogP contribution in [0.1, 0.15) is 5.56 Å². The Hall–Kier alpha value is -2.12. The maximum Gasteiger partial charge on any atom is 0.278 e. The van der Waals surface area contributed by atoms with E-state index in [0.717, 1.165) is 10.2 Å². The first kappa shape index (κ1) is 14.8. The summed E-state index contributed by atoms with van der Waals surface area (Å²) in [7, 11) is 1.48. The number of fused-ring (bicyclic) bond motifs is 1. The minimum absolute atomic E-state index is 0.0807. The second kappa shape index (κ2) is 5.58. The number of aryl methyl sites for hydroxylation is 1. The summed E-state index contributed by atoms with van der Waals surface area (Å²) in [4.78, 5) is 18.5. The third kappa shape index (κ3) is 2.65. The van der Waals surface area contributed by atoms with E-state index in [-0.39, 0.29) is 17.0 Å². The molecule has 0 atom stereocenters. The molecule has 3 aromatic rings.